The number of amides is 2. The highest BCUT2D eigenvalue weighted by molar-refractivity contribution is 5.97. The van der Waals surface area contributed by atoms with Gasteiger partial charge in [-0.05, 0) is 36.8 Å². The van der Waals surface area contributed by atoms with E-state index in [4.69, 9.17) is 4.74 Å². The third-order valence-electron chi connectivity index (χ3n) is 5.08. The molecule has 0 bridgehead atoms. The second kappa shape index (κ2) is 9.16. The third-order valence-corrected chi connectivity index (χ3v) is 5.08. The number of nitrogens with zero attached hydrogens (tertiary/aromatic N) is 4. The third kappa shape index (κ3) is 4.81. The number of carbonyl (C=O) groups is 2. The molecule has 1 aliphatic heterocycles. The number of alkyl halides is 3. The van der Waals surface area contributed by atoms with Gasteiger partial charge in [0.1, 0.15) is 18.0 Å². The van der Waals surface area contributed by atoms with E-state index in [9.17, 15) is 27.9 Å². The molecular formula is C21H20F3N5O4. The fraction of sp³-hybridized carbons (Fsp3) is 0.333. The maximum atomic E-state index is 12.9. The Kier molecular flexibility index (Phi) is 6.29. The number of anilines is 1. The van der Waals surface area contributed by atoms with Crippen molar-refractivity contribution in [2.45, 2.75) is 19.1 Å². The second-order valence-corrected chi connectivity index (χ2v) is 7.30. The molecule has 1 aliphatic rings. The van der Waals surface area contributed by atoms with Crippen LogP contribution in [0.1, 0.15) is 22.6 Å². The molecule has 2 N–H and O–H groups in total. The molecule has 2 aromatic heterocycles. The summed E-state index contributed by atoms with van der Waals surface area (Å²) in [6.45, 7) is 0.978. The number of pyridine rings is 1. The molecule has 4 rings (SSSR count). The molecule has 0 saturated carbocycles. The topological polar surface area (TPSA) is 113 Å². The average molecular weight is 463 g/mol. The first-order valence-corrected chi connectivity index (χ1v) is 10.1. The van der Waals surface area contributed by atoms with Gasteiger partial charge in [0, 0.05) is 25.4 Å². The van der Waals surface area contributed by atoms with Crippen LogP contribution in [0.5, 0.6) is 0 Å². The van der Waals surface area contributed by atoms with Crippen LogP contribution in [0.2, 0.25) is 0 Å². The Morgan fingerprint density at radius 2 is 2.09 bits per heavy atom. The lowest BCUT2D eigenvalue weighted by Crippen LogP contribution is -2.41. The summed E-state index contributed by atoms with van der Waals surface area (Å²) >= 11 is 0. The van der Waals surface area contributed by atoms with Crippen LogP contribution in [0, 0.1) is 0 Å². The summed E-state index contributed by atoms with van der Waals surface area (Å²) in [6.07, 6.45) is -4.33. The van der Waals surface area contributed by atoms with E-state index in [1.165, 1.54) is 0 Å². The molecule has 3 aromatic rings. The first-order chi connectivity index (χ1) is 15.8. The molecule has 2 amide bonds. The van der Waals surface area contributed by atoms with E-state index in [0.29, 0.717) is 42.8 Å². The number of benzene rings is 1. The number of rotatable bonds is 5. The van der Waals surface area contributed by atoms with Gasteiger partial charge in [-0.2, -0.15) is 18.2 Å². The van der Waals surface area contributed by atoms with Crippen LogP contribution in [-0.4, -0.2) is 57.8 Å². The maximum absolute atomic E-state index is 12.9. The van der Waals surface area contributed by atoms with Crippen molar-refractivity contribution < 1.29 is 32.6 Å². The molecule has 1 saturated heterocycles. The zero-order valence-corrected chi connectivity index (χ0v) is 17.3. The minimum atomic E-state index is -4.69. The number of aliphatic hydroxyl groups excluding tert-OH is 1. The van der Waals surface area contributed by atoms with E-state index in [1.54, 1.807) is 27.7 Å². The number of aliphatic hydroxyl groups is 1. The van der Waals surface area contributed by atoms with Crippen LogP contribution in [0.3, 0.4) is 0 Å². The van der Waals surface area contributed by atoms with Gasteiger partial charge in [0.05, 0.1) is 17.6 Å². The van der Waals surface area contributed by atoms with Crippen LogP contribution < -0.4 is 10.5 Å². The van der Waals surface area contributed by atoms with Crippen LogP contribution in [0.4, 0.5) is 18.9 Å². The van der Waals surface area contributed by atoms with Crippen molar-refractivity contribution >= 4 is 28.5 Å². The quantitative estimate of drug-likeness (QED) is 0.600. The summed E-state index contributed by atoms with van der Waals surface area (Å²) in [5, 5.41) is 9.24. The van der Waals surface area contributed by atoms with Crippen molar-refractivity contribution in [1.29, 1.82) is 0 Å². The van der Waals surface area contributed by atoms with Gasteiger partial charge in [-0.3, -0.25) is 9.59 Å². The molecule has 1 fully saturated rings. The van der Waals surface area contributed by atoms with Crippen LogP contribution in [0.15, 0.2) is 41.4 Å². The smallest absolute Gasteiger partial charge is 0.396 e. The molecule has 33 heavy (non-hydrogen) atoms. The Morgan fingerprint density at radius 3 is 2.82 bits per heavy atom. The van der Waals surface area contributed by atoms with Crippen molar-refractivity contribution in [3.8, 4) is 0 Å². The number of fused-ring (bicyclic) bond motifs is 1. The number of ether oxygens (including phenoxy) is 1. The summed E-state index contributed by atoms with van der Waals surface area (Å²) in [6, 6.07) is 8.23. The van der Waals surface area contributed by atoms with E-state index in [1.807, 2.05) is 0 Å². The number of aromatic amines is 1. The molecule has 1 aromatic carbocycles. The standard InChI is InChI=1S/C21H20F3N5O4/c22-21(23,24)17-4-1-3-14(25-17)19(32)27-20-26-15-11-13(28-8-10-33-12-18(28)31)5-6-16(15)29(20)7-2-9-30/h1,3-6,11,30H,2,7-10,12H2,(H,26,27,32). The lowest BCUT2D eigenvalue weighted by Gasteiger charge is -2.26. The van der Waals surface area contributed by atoms with Crippen molar-refractivity contribution in [2.24, 2.45) is 4.99 Å². The predicted molar refractivity (Wildman–Crippen MR) is 110 cm³/mol. The van der Waals surface area contributed by atoms with Crippen LogP contribution in [0.25, 0.3) is 11.0 Å². The minimum Gasteiger partial charge on any atom is -0.396 e. The van der Waals surface area contributed by atoms with Gasteiger partial charge in [-0.1, -0.05) is 6.07 Å². The van der Waals surface area contributed by atoms with Gasteiger partial charge in [0.2, 0.25) is 5.62 Å². The molecule has 9 nitrogen and oxygen atoms in total. The van der Waals surface area contributed by atoms with Gasteiger partial charge >= 0.3 is 6.18 Å². The van der Waals surface area contributed by atoms with E-state index >= 15 is 0 Å². The molecule has 0 spiro atoms. The first kappa shape index (κ1) is 22.7. The number of halogens is 3. The summed E-state index contributed by atoms with van der Waals surface area (Å²) < 4.78 is 45.6. The van der Waals surface area contributed by atoms with Crippen molar-refractivity contribution in [2.75, 3.05) is 31.3 Å². The Balaban J connectivity index is 1.76. The summed E-state index contributed by atoms with van der Waals surface area (Å²) in [4.78, 5) is 36.7. The van der Waals surface area contributed by atoms with Crippen LogP contribution >= 0.6 is 0 Å². The van der Waals surface area contributed by atoms with E-state index < -0.39 is 23.5 Å². The van der Waals surface area contributed by atoms with Crippen LogP contribution in [-0.2, 0) is 22.3 Å². The predicted octanol–water partition coefficient (Wildman–Crippen LogP) is 1.87. The molecule has 174 valence electrons. The summed E-state index contributed by atoms with van der Waals surface area (Å²) in [7, 11) is 0. The van der Waals surface area contributed by atoms with E-state index in [2.05, 4.69) is 15.0 Å². The van der Waals surface area contributed by atoms with Crippen molar-refractivity contribution in [3.63, 3.8) is 0 Å². The average Bonchev–Trinajstić information content (AvgIpc) is 3.13. The lowest BCUT2D eigenvalue weighted by atomic mass is 10.2. The Bertz CT molecular complexity index is 1260. The number of carbonyl (C=O) groups excluding carboxylic acids is 2. The van der Waals surface area contributed by atoms with Gasteiger partial charge in [0.25, 0.3) is 11.8 Å². The first-order valence-electron chi connectivity index (χ1n) is 10.1. The van der Waals surface area contributed by atoms with Gasteiger partial charge in [-0.15, -0.1) is 0 Å². The number of aryl methyl sites for hydroxylation is 1. The SMILES string of the molecule is O=C(/N=c1\[nH]c2cc(N3CCOCC3=O)ccc2n1CCCO)c1cccc(C(F)(F)F)n1. The van der Waals surface area contributed by atoms with Gasteiger partial charge < -0.3 is 24.3 Å². The maximum Gasteiger partial charge on any atom is 0.433 e. The largest absolute Gasteiger partial charge is 0.433 e. The number of hydrogen-bond acceptors (Lipinski definition) is 5. The Labute approximate surface area is 185 Å². The number of nitrogens with one attached hydrogen (secondary N) is 1. The molecule has 3 heterocycles. The molecule has 0 radical (unpaired) electrons. The number of imidazole rings is 1. The van der Waals surface area contributed by atoms with Crippen molar-refractivity contribution in [1.82, 2.24) is 14.5 Å². The lowest BCUT2D eigenvalue weighted by molar-refractivity contribution is -0.141. The fourth-order valence-electron chi connectivity index (χ4n) is 3.53. The molecule has 12 heteroatoms. The monoisotopic (exact) mass is 463 g/mol. The molecule has 0 aliphatic carbocycles. The summed E-state index contributed by atoms with van der Waals surface area (Å²) in [5.74, 6) is -1.13. The van der Waals surface area contributed by atoms with Gasteiger partial charge in [0.15, 0.2) is 0 Å². The highest BCUT2D eigenvalue weighted by Gasteiger charge is 2.33. The molecular weight excluding hydrogens is 443 g/mol. The zero-order chi connectivity index (χ0) is 23.6. The highest BCUT2D eigenvalue weighted by Crippen LogP contribution is 2.27. The highest BCUT2D eigenvalue weighted by atomic mass is 19.4. The van der Waals surface area contributed by atoms with Crippen molar-refractivity contribution in [3.05, 3.63) is 53.4 Å². The van der Waals surface area contributed by atoms with E-state index in [-0.39, 0.29) is 24.7 Å². The number of morpholine rings is 1. The minimum absolute atomic E-state index is 0.0155. The Hall–Kier alpha value is -3.51. The number of H-pyrrole nitrogens is 1. The van der Waals surface area contributed by atoms with Gasteiger partial charge in [-0.25, -0.2) is 4.98 Å². The number of aromatic nitrogens is 3. The summed E-state index contributed by atoms with van der Waals surface area (Å²) in [5.41, 5.74) is 0.298. The zero-order valence-electron chi connectivity index (χ0n) is 17.3. The number of hydrogen-bond donors (Lipinski definition) is 2. The normalized spacial score (nSPS) is 15.5. The van der Waals surface area contributed by atoms with E-state index in [0.717, 1.165) is 18.2 Å². The second-order valence-electron chi connectivity index (χ2n) is 7.30. The molecule has 0 atom stereocenters. The Morgan fingerprint density at radius 1 is 1.27 bits per heavy atom. The molecule has 0 unspecified atom stereocenters. The fourth-order valence-corrected chi connectivity index (χ4v) is 3.53.